The predicted molar refractivity (Wildman–Crippen MR) is 72.5 cm³/mol. The highest BCUT2D eigenvalue weighted by atomic mass is 14.9. The van der Waals surface area contributed by atoms with E-state index in [2.05, 4.69) is 18.8 Å². The zero-order valence-corrected chi connectivity index (χ0v) is 11.1. The van der Waals surface area contributed by atoms with Gasteiger partial charge >= 0.3 is 0 Å². The van der Waals surface area contributed by atoms with Gasteiger partial charge in [0.05, 0.1) is 0 Å². The Kier molecular flexibility index (Phi) is 7.37. The minimum Gasteiger partial charge on any atom is -0.389 e. The Hall–Kier alpha value is -0.460. The van der Waals surface area contributed by atoms with Crippen LogP contribution in [0.15, 0.2) is 12.3 Å². The van der Waals surface area contributed by atoms with E-state index in [9.17, 15) is 0 Å². The largest absolute Gasteiger partial charge is 0.389 e. The van der Waals surface area contributed by atoms with Gasteiger partial charge in [-0.25, -0.2) is 0 Å². The molecule has 0 spiro atoms. The third-order valence-electron chi connectivity index (χ3n) is 3.79. The molecule has 1 fully saturated rings. The second-order valence-corrected chi connectivity index (χ2v) is 5.26. The molecule has 1 aliphatic rings. The summed E-state index contributed by atoms with van der Waals surface area (Å²) < 4.78 is 0. The molecule has 1 rings (SSSR count). The van der Waals surface area contributed by atoms with Crippen LogP contribution >= 0.6 is 0 Å². The first-order chi connectivity index (χ1) is 7.83. The smallest absolute Gasteiger partial charge is 0.0172 e. The van der Waals surface area contributed by atoms with Gasteiger partial charge in [-0.3, -0.25) is 0 Å². The third kappa shape index (κ3) is 6.19. The van der Waals surface area contributed by atoms with Crippen molar-refractivity contribution >= 4 is 0 Å². The van der Waals surface area contributed by atoms with Crippen LogP contribution in [0.2, 0.25) is 0 Å². The minimum atomic E-state index is 0.890. The van der Waals surface area contributed by atoms with Crippen molar-refractivity contribution in [1.29, 1.82) is 0 Å². The van der Waals surface area contributed by atoms with Gasteiger partial charge in [0.1, 0.15) is 0 Å². The summed E-state index contributed by atoms with van der Waals surface area (Å²) in [5, 5.41) is 3.49. The molecule has 0 heterocycles. The van der Waals surface area contributed by atoms with Crippen LogP contribution in [0.1, 0.15) is 71.1 Å². The third-order valence-corrected chi connectivity index (χ3v) is 3.79. The fraction of sp³-hybridized carbons (Fsp3) is 0.867. The van der Waals surface area contributed by atoms with E-state index in [1.54, 1.807) is 0 Å². The van der Waals surface area contributed by atoms with E-state index in [0.29, 0.717) is 0 Å². The van der Waals surface area contributed by atoms with Crippen molar-refractivity contribution in [3.8, 4) is 0 Å². The Morgan fingerprint density at radius 1 is 1.00 bits per heavy atom. The molecule has 0 aliphatic heterocycles. The Labute approximate surface area is 102 Å². The topological polar surface area (TPSA) is 12.0 Å². The maximum atomic E-state index is 4.02. The summed E-state index contributed by atoms with van der Waals surface area (Å²) in [7, 11) is 0. The first-order valence-corrected chi connectivity index (χ1v) is 7.24. The number of hydrogen-bond acceptors (Lipinski definition) is 1. The van der Waals surface area contributed by atoms with Gasteiger partial charge in [-0.05, 0) is 25.2 Å². The predicted octanol–water partition coefficient (Wildman–Crippen LogP) is 4.64. The molecule has 1 aliphatic carbocycles. The molecule has 0 aromatic carbocycles. The zero-order chi connectivity index (χ0) is 11.6. The molecule has 0 amide bonds. The molecule has 0 saturated heterocycles. The van der Waals surface area contributed by atoms with Crippen molar-refractivity contribution in [3.05, 3.63) is 12.3 Å². The highest BCUT2D eigenvalue weighted by Gasteiger charge is 2.09. The number of hydrogen-bond donors (Lipinski definition) is 1. The van der Waals surface area contributed by atoms with Crippen LogP contribution in [-0.4, -0.2) is 6.54 Å². The molecule has 0 radical (unpaired) electrons. The van der Waals surface area contributed by atoms with Gasteiger partial charge < -0.3 is 5.32 Å². The lowest BCUT2D eigenvalue weighted by molar-refractivity contribution is 0.379. The van der Waals surface area contributed by atoms with Gasteiger partial charge in [-0.1, -0.05) is 58.4 Å². The summed E-state index contributed by atoms with van der Waals surface area (Å²) >= 11 is 0. The lowest BCUT2D eigenvalue weighted by Crippen LogP contribution is -2.22. The van der Waals surface area contributed by atoms with Gasteiger partial charge in [-0.2, -0.15) is 0 Å². The van der Waals surface area contributed by atoms with Crippen LogP contribution in [0.25, 0.3) is 0 Å². The van der Waals surface area contributed by atoms with Crippen LogP contribution in [0, 0.1) is 5.92 Å². The Morgan fingerprint density at radius 3 is 2.00 bits per heavy atom. The van der Waals surface area contributed by atoms with Gasteiger partial charge in [0, 0.05) is 12.2 Å². The summed E-state index contributed by atoms with van der Waals surface area (Å²) in [5.41, 5.74) is 1.21. The maximum absolute atomic E-state index is 4.02. The second-order valence-electron chi connectivity index (χ2n) is 5.26. The fourth-order valence-electron chi connectivity index (χ4n) is 2.51. The van der Waals surface area contributed by atoms with Gasteiger partial charge in [-0.15, -0.1) is 0 Å². The molecule has 1 N–H and O–H groups in total. The van der Waals surface area contributed by atoms with Gasteiger partial charge in [0.2, 0.25) is 0 Å². The van der Waals surface area contributed by atoms with Crippen LogP contribution in [-0.2, 0) is 0 Å². The molecule has 0 bridgehead atoms. The molecular formula is C15H29N. The second kappa shape index (κ2) is 8.66. The van der Waals surface area contributed by atoms with E-state index in [4.69, 9.17) is 0 Å². The van der Waals surface area contributed by atoms with Crippen molar-refractivity contribution < 1.29 is 0 Å². The standard InChI is InChI=1S/C15H29N/c1-3-14(2)16-13-15-11-9-7-5-4-6-8-10-12-15/h15-16H,2-13H2,1H3. The Bertz CT molecular complexity index is 176. The highest BCUT2D eigenvalue weighted by molar-refractivity contribution is 4.89. The molecule has 0 atom stereocenters. The molecular weight excluding hydrogens is 194 g/mol. The van der Waals surface area contributed by atoms with Crippen molar-refractivity contribution in [2.24, 2.45) is 5.92 Å². The zero-order valence-electron chi connectivity index (χ0n) is 11.1. The van der Waals surface area contributed by atoms with Crippen LogP contribution in [0.5, 0.6) is 0 Å². The van der Waals surface area contributed by atoms with Crippen LogP contribution in [0.3, 0.4) is 0 Å². The summed E-state index contributed by atoms with van der Waals surface area (Å²) in [6, 6.07) is 0. The Balaban J connectivity index is 2.22. The molecule has 0 unspecified atom stereocenters. The Morgan fingerprint density at radius 2 is 1.50 bits per heavy atom. The average molecular weight is 223 g/mol. The summed E-state index contributed by atoms with van der Waals surface area (Å²) in [6.45, 7) is 7.35. The number of rotatable bonds is 4. The first-order valence-electron chi connectivity index (χ1n) is 7.24. The van der Waals surface area contributed by atoms with Crippen molar-refractivity contribution in [1.82, 2.24) is 5.32 Å². The average Bonchev–Trinajstić information content (AvgIpc) is 2.33. The monoisotopic (exact) mass is 223 g/mol. The normalized spacial score (nSPS) is 20.3. The van der Waals surface area contributed by atoms with E-state index >= 15 is 0 Å². The van der Waals surface area contributed by atoms with Crippen LogP contribution in [0.4, 0.5) is 0 Å². The van der Waals surface area contributed by atoms with Gasteiger partial charge in [0.15, 0.2) is 0 Å². The van der Waals surface area contributed by atoms with Gasteiger partial charge in [0.25, 0.3) is 0 Å². The van der Waals surface area contributed by atoms with E-state index in [-0.39, 0.29) is 0 Å². The van der Waals surface area contributed by atoms with Crippen molar-refractivity contribution in [2.75, 3.05) is 6.54 Å². The van der Waals surface area contributed by atoms with Crippen molar-refractivity contribution in [3.63, 3.8) is 0 Å². The summed E-state index contributed by atoms with van der Waals surface area (Å²) in [5.74, 6) is 0.890. The van der Waals surface area contributed by atoms with E-state index in [1.165, 1.54) is 63.5 Å². The fourth-order valence-corrected chi connectivity index (χ4v) is 2.51. The van der Waals surface area contributed by atoms with E-state index < -0.39 is 0 Å². The summed E-state index contributed by atoms with van der Waals surface area (Å²) in [6.07, 6.45) is 14.1. The SMILES string of the molecule is C=C(CC)NCC1CCCCCCCCC1. The molecule has 1 nitrogen and oxygen atoms in total. The summed E-state index contributed by atoms with van der Waals surface area (Å²) in [4.78, 5) is 0. The van der Waals surface area contributed by atoms with Crippen LogP contribution < -0.4 is 5.32 Å². The number of allylic oxidation sites excluding steroid dienone is 1. The lowest BCUT2D eigenvalue weighted by atomic mass is 9.92. The van der Waals surface area contributed by atoms with E-state index in [1.807, 2.05) is 0 Å². The number of nitrogens with one attached hydrogen (secondary N) is 1. The van der Waals surface area contributed by atoms with E-state index in [0.717, 1.165) is 18.9 Å². The molecule has 0 aromatic rings. The minimum absolute atomic E-state index is 0.890. The molecule has 94 valence electrons. The first kappa shape index (κ1) is 13.6. The highest BCUT2D eigenvalue weighted by Crippen LogP contribution is 2.21. The quantitative estimate of drug-likeness (QED) is 0.732. The molecule has 1 saturated carbocycles. The van der Waals surface area contributed by atoms with Crippen molar-refractivity contribution in [2.45, 2.75) is 71.1 Å². The lowest BCUT2D eigenvalue weighted by Gasteiger charge is -2.20. The molecule has 1 heteroatoms. The molecule has 16 heavy (non-hydrogen) atoms. The maximum Gasteiger partial charge on any atom is 0.0172 e. The molecule has 0 aromatic heterocycles.